The van der Waals surface area contributed by atoms with E-state index in [1.807, 2.05) is 0 Å². The molecule has 3 nitrogen and oxygen atoms in total. The highest BCUT2D eigenvalue weighted by atomic mass is 16.2. The van der Waals surface area contributed by atoms with Crippen LogP contribution in [-0.2, 0) is 4.79 Å². The Morgan fingerprint density at radius 3 is 2.94 bits per heavy atom. The van der Waals surface area contributed by atoms with E-state index in [0.717, 1.165) is 51.7 Å². The SMILES string of the molecule is C#CCCCNC(=O)C1CC12CCNCC2. The van der Waals surface area contributed by atoms with Crippen molar-refractivity contribution >= 4 is 5.91 Å². The molecule has 1 saturated heterocycles. The number of carbonyl (C=O) groups is 1. The molecule has 2 aliphatic rings. The summed E-state index contributed by atoms with van der Waals surface area (Å²) in [5.41, 5.74) is 0.349. The lowest BCUT2D eigenvalue weighted by Crippen LogP contribution is -2.34. The second kappa shape index (κ2) is 4.88. The van der Waals surface area contributed by atoms with Crippen LogP contribution in [-0.4, -0.2) is 25.5 Å². The van der Waals surface area contributed by atoms with E-state index in [2.05, 4.69) is 16.6 Å². The molecule has 0 bridgehead atoms. The number of hydrogen-bond acceptors (Lipinski definition) is 2. The zero-order valence-electron chi connectivity index (χ0n) is 9.72. The fourth-order valence-corrected chi connectivity index (χ4v) is 2.72. The van der Waals surface area contributed by atoms with Gasteiger partial charge in [-0.3, -0.25) is 4.79 Å². The van der Waals surface area contributed by atoms with Crippen LogP contribution in [0.5, 0.6) is 0 Å². The van der Waals surface area contributed by atoms with Gasteiger partial charge in [-0.2, -0.15) is 0 Å². The van der Waals surface area contributed by atoms with Crippen molar-refractivity contribution in [2.24, 2.45) is 11.3 Å². The molecule has 0 radical (unpaired) electrons. The fourth-order valence-electron chi connectivity index (χ4n) is 2.72. The maximum Gasteiger partial charge on any atom is 0.223 e. The van der Waals surface area contributed by atoms with Crippen LogP contribution in [0, 0.1) is 23.7 Å². The van der Waals surface area contributed by atoms with Gasteiger partial charge in [-0.25, -0.2) is 0 Å². The van der Waals surface area contributed by atoms with Crippen molar-refractivity contribution in [3.8, 4) is 12.3 Å². The third-order valence-corrected chi connectivity index (χ3v) is 3.90. The van der Waals surface area contributed by atoms with Crippen LogP contribution in [0.25, 0.3) is 0 Å². The van der Waals surface area contributed by atoms with Crippen LogP contribution in [0.3, 0.4) is 0 Å². The van der Waals surface area contributed by atoms with Gasteiger partial charge in [-0.1, -0.05) is 0 Å². The molecule has 2 fully saturated rings. The number of carbonyl (C=O) groups excluding carboxylic acids is 1. The highest BCUT2D eigenvalue weighted by Crippen LogP contribution is 2.58. The molecule has 1 saturated carbocycles. The van der Waals surface area contributed by atoms with Crippen LogP contribution >= 0.6 is 0 Å². The molecule has 1 aliphatic heterocycles. The molecule has 1 unspecified atom stereocenters. The molecule has 0 aromatic carbocycles. The minimum Gasteiger partial charge on any atom is -0.356 e. The van der Waals surface area contributed by atoms with Crippen LogP contribution in [0.15, 0.2) is 0 Å². The molecule has 2 N–H and O–H groups in total. The zero-order valence-corrected chi connectivity index (χ0v) is 9.72. The number of nitrogens with one attached hydrogen (secondary N) is 2. The van der Waals surface area contributed by atoms with E-state index in [1.165, 1.54) is 0 Å². The molecule has 1 spiro atoms. The fraction of sp³-hybridized carbons (Fsp3) is 0.769. The molecule has 3 heteroatoms. The van der Waals surface area contributed by atoms with Crippen molar-refractivity contribution in [3.63, 3.8) is 0 Å². The molecule has 0 aromatic heterocycles. The predicted octanol–water partition coefficient (Wildman–Crippen LogP) is 0.906. The lowest BCUT2D eigenvalue weighted by Gasteiger charge is -2.23. The predicted molar refractivity (Wildman–Crippen MR) is 63.7 cm³/mol. The Morgan fingerprint density at radius 2 is 2.25 bits per heavy atom. The number of unbranched alkanes of at least 4 members (excludes halogenated alkanes) is 1. The normalized spacial score (nSPS) is 26.1. The van der Waals surface area contributed by atoms with Gasteiger partial charge in [0, 0.05) is 18.9 Å². The largest absolute Gasteiger partial charge is 0.356 e. The van der Waals surface area contributed by atoms with Gasteiger partial charge in [0.05, 0.1) is 0 Å². The van der Waals surface area contributed by atoms with Gasteiger partial charge in [-0.05, 0) is 44.2 Å². The Labute approximate surface area is 97.4 Å². The second-order valence-corrected chi connectivity index (χ2v) is 4.97. The minimum absolute atomic E-state index is 0.249. The van der Waals surface area contributed by atoms with Crippen molar-refractivity contribution in [1.29, 1.82) is 0 Å². The van der Waals surface area contributed by atoms with Crippen LogP contribution in [0.2, 0.25) is 0 Å². The van der Waals surface area contributed by atoms with Gasteiger partial charge in [-0.15, -0.1) is 12.3 Å². The van der Waals surface area contributed by atoms with Crippen molar-refractivity contribution in [2.75, 3.05) is 19.6 Å². The monoisotopic (exact) mass is 220 g/mol. The van der Waals surface area contributed by atoms with E-state index >= 15 is 0 Å². The number of hydrogen-bond donors (Lipinski definition) is 2. The average Bonchev–Trinajstić information content (AvgIpc) is 2.99. The molecular formula is C13H20N2O. The zero-order chi connectivity index (χ0) is 11.4. The third kappa shape index (κ3) is 2.38. The van der Waals surface area contributed by atoms with Gasteiger partial charge in [0.25, 0.3) is 0 Å². The maximum absolute atomic E-state index is 11.9. The summed E-state index contributed by atoms with van der Waals surface area (Å²) in [6.45, 7) is 2.87. The van der Waals surface area contributed by atoms with E-state index in [-0.39, 0.29) is 11.8 Å². The van der Waals surface area contributed by atoms with Crippen LogP contribution < -0.4 is 10.6 Å². The lowest BCUT2D eigenvalue weighted by molar-refractivity contribution is -0.123. The standard InChI is InChI=1S/C13H20N2O/c1-2-3-4-7-15-12(16)11-10-13(11)5-8-14-9-6-13/h1,11,14H,3-10H2,(H,15,16). The smallest absolute Gasteiger partial charge is 0.223 e. The van der Waals surface area contributed by atoms with Gasteiger partial charge < -0.3 is 10.6 Å². The summed E-state index contributed by atoms with van der Waals surface area (Å²) >= 11 is 0. The van der Waals surface area contributed by atoms with Gasteiger partial charge >= 0.3 is 0 Å². The third-order valence-electron chi connectivity index (χ3n) is 3.90. The molecular weight excluding hydrogens is 200 g/mol. The first-order chi connectivity index (χ1) is 7.78. The second-order valence-electron chi connectivity index (χ2n) is 4.97. The summed E-state index contributed by atoms with van der Waals surface area (Å²) < 4.78 is 0. The Morgan fingerprint density at radius 1 is 1.50 bits per heavy atom. The molecule has 1 amide bonds. The van der Waals surface area contributed by atoms with Crippen molar-refractivity contribution in [2.45, 2.75) is 32.1 Å². The summed E-state index contributed by atoms with van der Waals surface area (Å²) in [6, 6.07) is 0. The molecule has 16 heavy (non-hydrogen) atoms. The van der Waals surface area contributed by atoms with E-state index in [1.54, 1.807) is 0 Å². The summed E-state index contributed by atoms with van der Waals surface area (Å²) in [7, 11) is 0. The van der Waals surface area contributed by atoms with Crippen molar-refractivity contribution < 1.29 is 4.79 Å². The topological polar surface area (TPSA) is 41.1 Å². The number of amides is 1. The minimum atomic E-state index is 0.249. The quantitative estimate of drug-likeness (QED) is 0.546. The molecule has 2 rings (SSSR count). The molecule has 1 heterocycles. The van der Waals surface area contributed by atoms with E-state index in [0.29, 0.717) is 5.41 Å². The van der Waals surface area contributed by atoms with E-state index in [4.69, 9.17) is 6.42 Å². The summed E-state index contributed by atoms with van der Waals surface area (Å²) in [5.74, 6) is 3.11. The van der Waals surface area contributed by atoms with Crippen LogP contribution in [0.4, 0.5) is 0 Å². The average molecular weight is 220 g/mol. The first-order valence-corrected chi connectivity index (χ1v) is 6.20. The molecule has 1 aliphatic carbocycles. The number of rotatable bonds is 4. The first kappa shape index (κ1) is 11.5. The van der Waals surface area contributed by atoms with Gasteiger partial charge in [0.2, 0.25) is 5.91 Å². The van der Waals surface area contributed by atoms with Gasteiger partial charge in [0.1, 0.15) is 0 Å². The number of terminal acetylenes is 1. The highest BCUT2D eigenvalue weighted by Gasteiger charge is 2.57. The highest BCUT2D eigenvalue weighted by molar-refractivity contribution is 5.82. The number of piperidine rings is 1. The maximum atomic E-state index is 11.9. The first-order valence-electron chi connectivity index (χ1n) is 6.20. The van der Waals surface area contributed by atoms with Crippen molar-refractivity contribution in [1.82, 2.24) is 10.6 Å². The Balaban J connectivity index is 1.70. The lowest BCUT2D eigenvalue weighted by atomic mass is 9.92. The van der Waals surface area contributed by atoms with Gasteiger partial charge in [0.15, 0.2) is 0 Å². The Hall–Kier alpha value is -1.01. The molecule has 1 atom stereocenters. The summed E-state index contributed by atoms with van der Waals surface area (Å²) in [6.07, 6.45) is 10.2. The Kier molecular flexibility index (Phi) is 3.50. The summed E-state index contributed by atoms with van der Waals surface area (Å²) in [5, 5.41) is 6.34. The summed E-state index contributed by atoms with van der Waals surface area (Å²) in [4.78, 5) is 11.9. The van der Waals surface area contributed by atoms with E-state index in [9.17, 15) is 4.79 Å². The Bertz CT molecular complexity index is 300. The molecule has 88 valence electrons. The molecule has 0 aromatic rings. The van der Waals surface area contributed by atoms with E-state index < -0.39 is 0 Å². The van der Waals surface area contributed by atoms with Crippen LogP contribution in [0.1, 0.15) is 32.1 Å². The van der Waals surface area contributed by atoms with Crippen molar-refractivity contribution in [3.05, 3.63) is 0 Å².